The van der Waals surface area contributed by atoms with Crippen LogP contribution in [-0.2, 0) is 10.4 Å². The van der Waals surface area contributed by atoms with Gasteiger partial charge in [0.1, 0.15) is 0 Å². The summed E-state index contributed by atoms with van der Waals surface area (Å²) in [5.41, 5.74) is -0.277. The number of amides is 1. The molecule has 1 heterocycles. The van der Waals surface area contributed by atoms with Crippen molar-refractivity contribution in [2.24, 2.45) is 5.92 Å². The Kier molecular flexibility index (Phi) is 4.26. The second-order valence-electron chi connectivity index (χ2n) is 7.31. The van der Waals surface area contributed by atoms with Gasteiger partial charge in [-0.15, -0.1) is 0 Å². The van der Waals surface area contributed by atoms with E-state index < -0.39 is 5.60 Å². The molecule has 1 saturated heterocycles. The fraction of sp³-hybridized carbons (Fsp3) is 0.632. The van der Waals surface area contributed by atoms with E-state index in [0.717, 1.165) is 18.4 Å². The van der Waals surface area contributed by atoms with Crippen LogP contribution in [0, 0.1) is 5.92 Å². The van der Waals surface area contributed by atoms with Crippen LogP contribution in [0.2, 0.25) is 0 Å². The monoisotopic (exact) mass is 301 g/mol. The number of aliphatic hydroxyl groups is 1. The minimum atomic E-state index is -1.09. The Morgan fingerprint density at radius 1 is 1.27 bits per heavy atom. The Morgan fingerprint density at radius 2 is 1.95 bits per heavy atom. The van der Waals surface area contributed by atoms with Crippen molar-refractivity contribution in [1.29, 1.82) is 0 Å². The second-order valence-corrected chi connectivity index (χ2v) is 7.31. The molecule has 0 bridgehead atoms. The largest absolute Gasteiger partial charge is 0.385 e. The van der Waals surface area contributed by atoms with Crippen LogP contribution in [-0.4, -0.2) is 28.0 Å². The number of likely N-dealkylation sites (tertiary alicyclic amines) is 1. The second kappa shape index (κ2) is 6.04. The Hall–Kier alpha value is -1.35. The molecule has 3 nitrogen and oxygen atoms in total. The maximum atomic E-state index is 12.9. The van der Waals surface area contributed by atoms with E-state index >= 15 is 0 Å². The first-order chi connectivity index (χ1) is 10.5. The molecular weight excluding hydrogens is 274 g/mol. The van der Waals surface area contributed by atoms with Crippen LogP contribution >= 0.6 is 0 Å². The Balaban J connectivity index is 1.73. The van der Waals surface area contributed by atoms with E-state index in [1.165, 1.54) is 19.3 Å². The van der Waals surface area contributed by atoms with Crippen LogP contribution in [0.25, 0.3) is 0 Å². The van der Waals surface area contributed by atoms with Crippen LogP contribution in [0.15, 0.2) is 30.3 Å². The van der Waals surface area contributed by atoms with Crippen molar-refractivity contribution in [2.45, 2.75) is 70.1 Å². The molecule has 0 radical (unpaired) electrons. The summed E-state index contributed by atoms with van der Waals surface area (Å²) in [5, 5.41) is 10.8. The number of nitrogens with zero attached hydrogens (tertiary/aromatic N) is 1. The highest BCUT2D eigenvalue weighted by atomic mass is 16.3. The summed E-state index contributed by atoms with van der Waals surface area (Å²) < 4.78 is 0. The summed E-state index contributed by atoms with van der Waals surface area (Å²) in [6, 6.07) is 10.2. The van der Waals surface area contributed by atoms with E-state index in [9.17, 15) is 9.90 Å². The van der Waals surface area contributed by atoms with Crippen LogP contribution in [0.3, 0.4) is 0 Å². The SMILES string of the molecule is CC1CC2CCCCC2N1C(=O)CC(C)(O)c1ccccc1. The summed E-state index contributed by atoms with van der Waals surface area (Å²) in [6.45, 7) is 3.91. The molecule has 1 amide bonds. The maximum Gasteiger partial charge on any atom is 0.226 e. The zero-order valence-electron chi connectivity index (χ0n) is 13.7. The number of hydrogen-bond acceptors (Lipinski definition) is 2. The summed E-state index contributed by atoms with van der Waals surface area (Å²) in [4.78, 5) is 15.0. The van der Waals surface area contributed by atoms with Gasteiger partial charge in [0.2, 0.25) is 5.91 Å². The average molecular weight is 301 g/mol. The smallest absolute Gasteiger partial charge is 0.226 e. The van der Waals surface area contributed by atoms with Gasteiger partial charge in [0, 0.05) is 12.1 Å². The zero-order chi connectivity index (χ0) is 15.7. The standard InChI is InChI=1S/C19H27NO2/c1-14-12-15-8-6-7-11-17(15)20(14)18(21)13-19(2,22)16-9-4-3-5-10-16/h3-5,9-10,14-15,17,22H,6-8,11-13H2,1-2H3. The number of carbonyl (C=O) groups excluding carboxylic acids is 1. The van der Waals surface area contributed by atoms with E-state index in [0.29, 0.717) is 18.0 Å². The van der Waals surface area contributed by atoms with Crippen molar-refractivity contribution in [1.82, 2.24) is 4.90 Å². The Labute approximate surface area is 133 Å². The lowest BCUT2D eigenvalue weighted by molar-refractivity contribution is -0.139. The van der Waals surface area contributed by atoms with Crippen LogP contribution in [0.5, 0.6) is 0 Å². The molecule has 0 aromatic heterocycles. The van der Waals surface area contributed by atoms with E-state index in [-0.39, 0.29) is 12.3 Å². The van der Waals surface area contributed by atoms with Crippen molar-refractivity contribution in [3.8, 4) is 0 Å². The number of benzene rings is 1. The summed E-state index contributed by atoms with van der Waals surface area (Å²) in [6.07, 6.45) is 6.22. The summed E-state index contributed by atoms with van der Waals surface area (Å²) in [5.74, 6) is 0.783. The van der Waals surface area contributed by atoms with E-state index in [4.69, 9.17) is 0 Å². The van der Waals surface area contributed by atoms with Crippen molar-refractivity contribution < 1.29 is 9.90 Å². The number of hydrogen-bond donors (Lipinski definition) is 1. The molecule has 3 heteroatoms. The molecule has 22 heavy (non-hydrogen) atoms. The minimum absolute atomic E-state index is 0.107. The third-order valence-electron chi connectivity index (χ3n) is 5.52. The fourth-order valence-electron chi connectivity index (χ4n) is 4.42. The minimum Gasteiger partial charge on any atom is -0.385 e. The average Bonchev–Trinajstić information content (AvgIpc) is 2.83. The van der Waals surface area contributed by atoms with Crippen molar-refractivity contribution in [3.05, 3.63) is 35.9 Å². The van der Waals surface area contributed by atoms with Crippen molar-refractivity contribution in [3.63, 3.8) is 0 Å². The Bertz CT molecular complexity index is 525. The van der Waals surface area contributed by atoms with Gasteiger partial charge in [-0.25, -0.2) is 0 Å². The fourth-order valence-corrected chi connectivity index (χ4v) is 4.42. The molecule has 4 unspecified atom stereocenters. The topological polar surface area (TPSA) is 40.5 Å². The molecular formula is C19H27NO2. The third-order valence-corrected chi connectivity index (χ3v) is 5.52. The molecule has 3 rings (SSSR count). The highest BCUT2D eigenvalue weighted by Crippen LogP contribution is 2.40. The number of rotatable bonds is 3. The summed E-state index contributed by atoms with van der Waals surface area (Å²) >= 11 is 0. The molecule has 120 valence electrons. The first-order valence-electron chi connectivity index (χ1n) is 8.58. The van der Waals surface area contributed by atoms with Gasteiger partial charge < -0.3 is 10.0 Å². The quantitative estimate of drug-likeness (QED) is 0.928. The lowest BCUT2D eigenvalue weighted by Crippen LogP contribution is -2.44. The molecule has 1 aromatic rings. The van der Waals surface area contributed by atoms with Crippen LogP contribution in [0.4, 0.5) is 0 Å². The zero-order valence-corrected chi connectivity index (χ0v) is 13.7. The van der Waals surface area contributed by atoms with Gasteiger partial charge in [-0.05, 0) is 44.6 Å². The lowest BCUT2D eigenvalue weighted by atomic mass is 9.84. The molecule has 1 N–H and O–H groups in total. The van der Waals surface area contributed by atoms with Gasteiger partial charge in [-0.3, -0.25) is 4.79 Å². The van der Waals surface area contributed by atoms with Gasteiger partial charge in [-0.2, -0.15) is 0 Å². The van der Waals surface area contributed by atoms with E-state index in [1.807, 2.05) is 30.3 Å². The molecule has 1 saturated carbocycles. The molecule has 1 aliphatic heterocycles. The molecule has 0 spiro atoms. The Morgan fingerprint density at radius 3 is 2.68 bits per heavy atom. The first-order valence-corrected chi connectivity index (χ1v) is 8.58. The summed E-state index contributed by atoms with van der Waals surface area (Å²) in [7, 11) is 0. The molecule has 1 aromatic carbocycles. The van der Waals surface area contributed by atoms with Crippen LogP contribution < -0.4 is 0 Å². The van der Waals surface area contributed by atoms with E-state index in [2.05, 4.69) is 11.8 Å². The van der Waals surface area contributed by atoms with Gasteiger partial charge >= 0.3 is 0 Å². The molecule has 4 atom stereocenters. The molecule has 1 aliphatic carbocycles. The van der Waals surface area contributed by atoms with Gasteiger partial charge in [-0.1, -0.05) is 43.2 Å². The third kappa shape index (κ3) is 2.91. The number of fused-ring (bicyclic) bond motifs is 1. The first kappa shape index (κ1) is 15.5. The van der Waals surface area contributed by atoms with Crippen LogP contribution in [0.1, 0.15) is 57.9 Å². The normalized spacial score (nSPS) is 30.7. The van der Waals surface area contributed by atoms with Gasteiger partial charge in [0.05, 0.1) is 12.0 Å². The van der Waals surface area contributed by atoms with Gasteiger partial charge in [0.25, 0.3) is 0 Å². The highest BCUT2D eigenvalue weighted by Gasteiger charge is 2.43. The molecule has 2 aliphatic rings. The maximum absolute atomic E-state index is 12.9. The lowest BCUT2D eigenvalue weighted by Gasteiger charge is -2.35. The van der Waals surface area contributed by atoms with E-state index in [1.54, 1.807) is 6.92 Å². The van der Waals surface area contributed by atoms with Gasteiger partial charge in [0.15, 0.2) is 0 Å². The van der Waals surface area contributed by atoms with Crippen molar-refractivity contribution >= 4 is 5.91 Å². The number of carbonyl (C=O) groups is 1. The predicted octanol–water partition coefficient (Wildman–Crippen LogP) is 3.46. The van der Waals surface area contributed by atoms with Crippen molar-refractivity contribution in [2.75, 3.05) is 0 Å². The molecule has 2 fully saturated rings. The predicted molar refractivity (Wildman–Crippen MR) is 87.3 cm³/mol. The highest BCUT2D eigenvalue weighted by molar-refractivity contribution is 5.78.